The van der Waals surface area contributed by atoms with Gasteiger partial charge in [-0.05, 0) is 47.5 Å². The van der Waals surface area contributed by atoms with Crippen molar-refractivity contribution in [1.82, 2.24) is 0 Å². The minimum Gasteiger partial charge on any atom is -0.325 e. The fourth-order valence-electron chi connectivity index (χ4n) is 3.51. The zero-order valence-corrected chi connectivity index (χ0v) is 17.2. The van der Waals surface area contributed by atoms with Crippen LogP contribution < -0.4 is 10.6 Å². The standard InChI is InChI=1S/C27H21FN2O2/c28-21-15-17-22(18-16-21)29-26(31)23-13-7-8-14-24(23)30-27(32)25(19-9-3-1-4-10-19)20-11-5-2-6-12-20/h1-18,25H,(H,29,31)(H,30,32). The number of nitrogens with one attached hydrogen (secondary N) is 2. The molecule has 4 aromatic rings. The topological polar surface area (TPSA) is 58.2 Å². The van der Waals surface area contributed by atoms with Gasteiger partial charge in [0.05, 0.1) is 17.2 Å². The quantitative estimate of drug-likeness (QED) is 0.408. The Morgan fingerprint density at radius 3 is 1.75 bits per heavy atom. The lowest BCUT2D eigenvalue weighted by atomic mass is 9.90. The van der Waals surface area contributed by atoms with Gasteiger partial charge in [0.2, 0.25) is 5.91 Å². The predicted octanol–water partition coefficient (Wildman–Crippen LogP) is 5.85. The van der Waals surface area contributed by atoms with E-state index in [0.29, 0.717) is 16.9 Å². The average molecular weight is 424 g/mol. The van der Waals surface area contributed by atoms with Gasteiger partial charge in [-0.1, -0.05) is 72.8 Å². The molecule has 0 saturated heterocycles. The van der Waals surface area contributed by atoms with Gasteiger partial charge in [0, 0.05) is 5.69 Å². The van der Waals surface area contributed by atoms with E-state index in [4.69, 9.17) is 0 Å². The van der Waals surface area contributed by atoms with Crippen molar-refractivity contribution >= 4 is 23.2 Å². The van der Waals surface area contributed by atoms with Crippen LogP contribution in [-0.2, 0) is 4.79 Å². The minimum atomic E-state index is -0.536. The first-order valence-electron chi connectivity index (χ1n) is 10.2. The molecule has 2 N–H and O–H groups in total. The molecular formula is C27H21FN2O2. The van der Waals surface area contributed by atoms with Crippen LogP contribution in [0, 0.1) is 5.82 Å². The van der Waals surface area contributed by atoms with Crippen molar-refractivity contribution < 1.29 is 14.0 Å². The fourth-order valence-corrected chi connectivity index (χ4v) is 3.51. The lowest BCUT2D eigenvalue weighted by Crippen LogP contribution is -2.24. The van der Waals surface area contributed by atoms with Gasteiger partial charge in [-0.2, -0.15) is 0 Å². The van der Waals surface area contributed by atoms with Crippen molar-refractivity contribution in [1.29, 1.82) is 0 Å². The summed E-state index contributed by atoms with van der Waals surface area (Å²) in [6.07, 6.45) is 0. The minimum absolute atomic E-state index is 0.246. The maximum atomic E-state index is 13.4. The van der Waals surface area contributed by atoms with E-state index < -0.39 is 11.8 Å². The second kappa shape index (κ2) is 9.71. The zero-order valence-electron chi connectivity index (χ0n) is 17.2. The van der Waals surface area contributed by atoms with Crippen LogP contribution in [0.15, 0.2) is 109 Å². The molecule has 2 amide bonds. The highest BCUT2D eigenvalue weighted by Crippen LogP contribution is 2.27. The Morgan fingerprint density at radius 1 is 0.625 bits per heavy atom. The van der Waals surface area contributed by atoms with Crippen molar-refractivity contribution in [3.05, 3.63) is 132 Å². The molecule has 0 heterocycles. The van der Waals surface area contributed by atoms with Crippen molar-refractivity contribution in [2.24, 2.45) is 0 Å². The summed E-state index contributed by atoms with van der Waals surface area (Å²) in [5, 5.41) is 5.66. The van der Waals surface area contributed by atoms with Gasteiger partial charge in [0.1, 0.15) is 5.82 Å². The van der Waals surface area contributed by atoms with Gasteiger partial charge in [0.15, 0.2) is 0 Å². The van der Waals surface area contributed by atoms with Crippen LogP contribution in [0.5, 0.6) is 0 Å². The molecular weight excluding hydrogens is 403 g/mol. The molecule has 32 heavy (non-hydrogen) atoms. The third kappa shape index (κ3) is 4.90. The van der Waals surface area contributed by atoms with E-state index in [1.54, 1.807) is 24.3 Å². The lowest BCUT2D eigenvalue weighted by molar-refractivity contribution is -0.116. The van der Waals surface area contributed by atoms with Crippen LogP contribution in [-0.4, -0.2) is 11.8 Å². The third-order valence-electron chi connectivity index (χ3n) is 5.06. The molecule has 0 aliphatic heterocycles. The van der Waals surface area contributed by atoms with Crippen LogP contribution >= 0.6 is 0 Å². The normalized spacial score (nSPS) is 10.6. The molecule has 4 rings (SSSR count). The predicted molar refractivity (Wildman–Crippen MR) is 124 cm³/mol. The fraction of sp³-hybridized carbons (Fsp3) is 0.0370. The number of carbonyl (C=O) groups is 2. The number of rotatable bonds is 6. The number of carbonyl (C=O) groups excluding carboxylic acids is 2. The SMILES string of the molecule is O=C(Nc1ccc(F)cc1)c1ccccc1NC(=O)C(c1ccccc1)c1ccccc1. The molecule has 0 aromatic heterocycles. The number of anilines is 2. The molecule has 0 spiro atoms. The zero-order chi connectivity index (χ0) is 22.3. The molecule has 0 atom stereocenters. The molecule has 158 valence electrons. The summed E-state index contributed by atoms with van der Waals surface area (Å²) in [5.41, 5.74) is 2.87. The van der Waals surface area contributed by atoms with Crippen molar-refractivity contribution in [3.63, 3.8) is 0 Å². The number of hydrogen-bond acceptors (Lipinski definition) is 2. The Morgan fingerprint density at radius 2 is 1.16 bits per heavy atom. The van der Waals surface area contributed by atoms with Gasteiger partial charge in [-0.3, -0.25) is 9.59 Å². The lowest BCUT2D eigenvalue weighted by Gasteiger charge is -2.19. The van der Waals surface area contributed by atoms with Crippen LogP contribution in [0.3, 0.4) is 0 Å². The van der Waals surface area contributed by atoms with E-state index in [0.717, 1.165) is 11.1 Å². The largest absolute Gasteiger partial charge is 0.325 e. The van der Waals surface area contributed by atoms with Crippen molar-refractivity contribution in [2.75, 3.05) is 10.6 Å². The second-order valence-corrected chi connectivity index (χ2v) is 7.25. The molecule has 0 unspecified atom stereocenters. The maximum absolute atomic E-state index is 13.4. The van der Waals surface area contributed by atoms with E-state index in [-0.39, 0.29) is 11.7 Å². The van der Waals surface area contributed by atoms with Gasteiger partial charge in [-0.15, -0.1) is 0 Å². The second-order valence-electron chi connectivity index (χ2n) is 7.25. The number of para-hydroxylation sites is 1. The first-order chi connectivity index (χ1) is 15.6. The average Bonchev–Trinajstić information content (AvgIpc) is 2.82. The Balaban J connectivity index is 1.61. The van der Waals surface area contributed by atoms with E-state index in [1.165, 1.54) is 24.3 Å². The van der Waals surface area contributed by atoms with Gasteiger partial charge >= 0.3 is 0 Å². The summed E-state index contributed by atoms with van der Waals surface area (Å²) >= 11 is 0. The molecule has 0 bridgehead atoms. The van der Waals surface area contributed by atoms with E-state index in [9.17, 15) is 14.0 Å². The van der Waals surface area contributed by atoms with Gasteiger partial charge in [-0.25, -0.2) is 4.39 Å². The summed E-state index contributed by atoms with van der Waals surface area (Å²) in [4.78, 5) is 26.3. The number of halogens is 1. The first kappa shape index (κ1) is 21.0. The maximum Gasteiger partial charge on any atom is 0.257 e. The van der Waals surface area contributed by atoms with Crippen molar-refractivity contribution in [2.45, 2.75) is 5.92 Å². The third-order valence-corrected chi connectivity index (χ3v) is 5.06. The first-order valence-corrected chi connectivity index (χ1v) is 10.2. The number of amides is 2. The molecule has 5 heteroatoms. The Hall–Kier alpha value is -4.25. The molecule has 0 radical (unpaired) electrons. The smallest absolute Gasteiger partial charge is 0.257 e. The van der Waals surface area contributed by atoms with Crippen LogP contribution in [0.4, 0.5) is 15.8 Å². The van der Waals surface area contributed by atoms with Crippen LogP contribution in [0.1, 0.15) is 27.4 Å². The Bertz CT molecular complexity index is 1170. The van der Waals surface area contributed by atoms with Gasteiger partial charge < -0.3 is 10.6 Å². The summed E-state index contributed by atoms with van der Waals surface area (Å²) in [7, 11) is 0. The molecule has 0 saturated carbocycles. The highest BCUT2D eigenvalue weighted by molar-refractivity contribution is 6.11. The Labute approximate surface area is 185 Å². The number of benzene rings is 4. The summed E-state index contributed by atoms with van der Waals surface area (Å²) in [5.74, 6) is -1.57. The summed E-state index contributed by atoms with van der Waals surface area (Å²) in [6.45, 7) is 0. The highest BCUT2D eigenvalue weighted by Gasteiger charge is 2.24. The molecule has 4 aromatic carbocycles. The van der Waals surface area contributed by atoms with Gasteiger partial charge in [0.25, 0.3) is 5.91 Å². The molecule has 0 fully saturated rings. The molecule has 0 aliphatic carbocycles. The molecule has 0 aliphatic rings. The van der Waals surface area contributed by atoms with E-state index in [2.05, 4.69) is 10.6 Å². The molecule has 4 nitrogen and oxygen atoms in total. The van der Waals surface area contributed by atoms with Crippen molar-refractivity contribution in [3.8, 4) is 0 Å². The summed E-state index contributed by atoms with van der Waals surface area (Å²) < 4.78 is 13.1. The highest BCUT2D eigenvalue weighted by atomic mass is 19.1. The van der Waals surface area contributed by atoms with E-state index >= 15 is 0 Å². The number of hydrogen-bond donors (Lipinski definition) is 2. The van der Waals surface area contributed by atoms with Crippen LogP contribution in [0.25, 0.3) is 0 Å². The van der Waals surface area contributed by atoms with E-state index in [1.807, 2.05) is 60.7 Å². The van der Waals surface area contributed by atoms with Crippen LogP contribution in [0.2, 0.25) is 0 Å². The monoisotopic (exact) mass is 424 g/mol. The Kier molecular flexibility index (Phi) is 6.37. The summed E-state index contributed by atoms with van der Waals surface area (Å²) in [6, 6.07) is 31.3.